The van der Waals surface area contributed by atoms with Crippen LogP contribution >= 0.6 is 0 Å². The van der Waals surface area contributed by atoms with Gasteiger partial charge in [0, 0.05) is 24.6 Å². The smallest absolute Gasteiger partial charge is 0.251 e. The molecule has 0 spiro atoms. The monoisotopic (exact) mass is 383 g/mol. The average molecular weight is 383 g/mol. The molecule has 0 atom stereocenters. The minimum absolute atomic E-state index is 0.0519. The molecule has 6 nitrogen and oxygen atoms in total. The zero-order valence-electron chi connectivity index (χ0n) is 16.7. The average Bonchev–Trinajstić information content (AvgIpc) is 3.20. The van der Waals surface area contributed by atoms with Crippen molar-refractivity contribution in [3.8, 4) is 0 Å². The lowest BCUT2D eigenvalue weighted by Gasteiger charge is -2.37. The summed E-state index contributed by atoms with van der Waals surface area (Å²) in [6.07, 6.45) is 3.83. The van der Waals surface area contributed by atoms with Gasteiger partial charge in [-0.1, -0.05) is 18.2 Å². The minimum Gasteiger partial charge on any atom is -0.467 e. The molecular formula is C22H29N3O3. The number of likely N-dealkylation sites (tertiary alicyclic amines) is 1. The Hall–Kier alpha value is -2.60. The van der Waals surface area contributed by atoms with Crippen molar-refractivity contribution in [3.63, 3.8) is 0 Å². The summed E-state index contributed by atoms with van der Waals surface area (Å²) in [6, 6.07) is 11.4. The van der Waals surface area contributed by atoms with Crippen molar-refractivity contribution in [3.05, 3.63) is 59.5 Å². The third-order valence-corrected chi connectivity index (χ3v) is 5.37. The normalized spacial score (nSPS) is 15.4. The number of piperidine rings is 1. The summed E-state index contributed by atoms with van der Waals surface area (Å²) in [5.41, 5.74) is 1.58. The maximum atomic E-state index is 13.0. The molecular weight excluding hydrogens is 354 g/mol. The summed E-state index contributed by atoms with van der Waals surface area (Å²) >= 11 is 0. The molecule has 2 heterocycles. The SMILES string of the molecule is Cc1ccccc1C(=O)NCCC(=O)N(Cc1ccco1)C1CCN(C)CC1. The van der Waals surface area contributed by atoms with Crippen LogP contribution in [0.25, 0.3) is 0 Å². The van der Waals surface area contributed by atoms with Crippen LogP contribution in [0.5, 0.6) is 0 Å². The molecule has 1 saturated heterocycles. The van der Waals surface area contributed by atoms with Crippen LogP contribution < -0.4 is 5.32 Å². The van der Waals surface area contributed by atoms with Gasteiger partial charge in [-0.05, 0) is 63.7 Å². The van der Waals surface area contributed by atoms with Gasteiger partial charge in [-0.25, -0.2) is 0 Å². The highest BCUT2D eigenvalue weighted by molar-refractivity contribution is 5.95. The molecule has 150 valence electrons. The van der Waals surface area contributed by atoms with Crippen molar-refractivity contribution in [2.45, 2.75) is 38.8 Å². The highest BCUT2D eigenvalue weighted by Crippen LogP contribution is 2.19. The quantitative estimate of drug-likeness (QED) is 0.798. The van der Waals surface area contributed by atoms with E-state index < -0.39 is 0 Å². The van der Waals surface area contributed by atoms with Crippen LogP contribution in [0.4, 0.5) is 0 Å². The Kier molecular flexibility index (Phi) is 6.87. The zero-order chi connectivity index (χ0) is 19.9. The minimum atomic E-state index is -0.136. The van der Waals surface area contributed by atoms with Gasteiger partial charge in [0.25, 0.3) is 5.91 Å². The Bertz CT molecular complexity index is 780. The van der Waals surface area contributed by atoms with Crippen LogP contribution in [0.3, 0.4) is 0 Å². The van der Waals surface area contributed by atoms with E-state index in [0.29, 0.717) is 18.7 Å². The van der Waals surface area contributed by atoms with Crippen LogP contribution in [0, 0.1) is 6.92 Å². The number of nitrogens with zero attached hydrogens (tertiary/aromatic N) is 2. The van der Waals surface area contributed by atoms with E-state index >= 15 is 0 Å². The molecule has 1 N–H and O–H groups in total. The number of furan rings is 1. The lowest BCUT2D eigenvalue weighted by atomic mass is 10.0. The lowest BCUT2D eigenvalue weighted by molar-refractivity contribution is -0.135. The van der Waals surface area contributed by atoms with Crippen molar-refractivity contribution in [1.82, 2.24) is 15.1 Å². The first-order valence-electron chi connectivity index (χ1n) is 9.89. The van der Waals surface area contributed by atoms with E-state index in [4.69, 9.17) is 4.42 Å². The summed E-state index contributed by atoms with van der Waals surface area (Å²) in [4.78, 5) is 29.5. The molecule has 1 aromatic carbocycles. The van der Waals surface area contributed by atoms with E-state index in [1.165, 1.54) is 0 Å². The van der Waals surface area contributed by atoms with E-state index in [9.17, 15) is 9.59 Å². The number of hydrogen-bond donors (Lipinski definition) is 1. The Balaban J connectivity index is 1.57. The van der Waals surface area contributed by atoms with Crippen molar-refractivity contribution in [2.24, 2.45) is 0 Å². The number of amides is 2. The molecule has 2 amide bonds. The van der Waals surface area contributed by atoms with Crippen LogP contribution in [0.15, 0.2) is 47.1 Å². The van der Waals surface area contributed by atoms with E-state index in [1.54, 1.807) is 12.3 Å². The highest BCUT2D eigenvalue weighted by Gasteiger charge is 2.27. The second kappa shape index (κ2) is 9.55. The number of aryl methyl sites for hydroxylation is 1. The number of carbonyl (C=O) groups excluding carboxylic acids is 2. The number of rotatable bonds is 7. The van der Waals surface area contributed by atoms with Gasteiger partial charge in [0.15, 0.2) is 0 Å². The number of hydrogen-bond acceptors (Lipinski definition) is 4. The van der Waals surface area contributed by atoms with Gasteiger partial charge in [-0.15, -0.1) is 0 Å². The molecule has 1 aliphatic rings. The molecule has 0 saturated carbocycles. The van der Waals surface area contributed by atoms with Gasteiger partial charge in [0.2, 0.25) is 5.91 Å². The van der Waals surface area contributed by atoms with Crippen LogP contribution in [0.2, 0.25) is 0 Å². The van der Waals surface area contributed by atoms with E-state index in [-0.39, 0.29) is 24.3 Å². The standard InChI is InChI=1S/C22H29N3O3/c1-17-6-3-4-8-20(17)22(27)23-12-9-21(26)25(16-19-7-5-15-28-19)18-10-13-24(2)14-11-18/h3-8,15,18H,9-14,16H2,1-2H3,(H,23,27). The van der Waals surface area contributed by atoms with Gasteiger partial charge in [0.1, 0.15) is 5.76 Å². The summed E-state index contributed by atoms with van der Waals surface area (Å²) in [7, 11) is 2.11. The van der Waals surface area contributed by atoms with Gasteiger partial charge in [0.05, 0.1) is 12.8 Å². The van der Waals surface area contributed by atoms with E-state index in [0.717, 1.165) is 37.3 Å². The third-order valence-electron chi connectivity index (χ3n) is 5.37. The maximum absolute atomic E-state index is 13.0. The molecule has 3 rings (SSSR count). The molecule has 0 radical (unpaired) electrons. The molecule has 6 heteroatoms. The first-order chi connectivity index (χ1) is 13.5. The van der Waals surface area contributed by atoms with Gasteiger partial charge in [-0.3, -0.25) is 9.59 Å². The second-order valence-electron chi connectivity index (χ2n) is 7.46. The third kappa shape index (κ3) is 5.23. The molecule has 0 aliphatic carbocycles. The van der Waals surface area contributed by atoms with Gasteiger partial charge >= 0.3 is 0 Å². The first-order valence-corrected chi connectivity index (χ1v) is 9.89. The van der Waals surface area contributed by atoms with Crippen molar-refractivity contribution in [1.29, 1.82) is 0 Å². The Morgan fingerprint density at radius 2 is 1.93 bits per heavy atom. The van der Waals surface area contributed by atoms with Crippen LogP contribution in [-0.2, 0) is 11.3 Å². The fourth-order valence-corrected chi connectivity index (χ4v) is 3.65. The summed E-state index contributed by atoms with van der Waals surface area (Å²) < 4.78 is 5.47. The van der Waals surface area contributed by atoms with Crippen molar-refractivity contribution >= 4 is 11.8 Å². The highest BCUT2D eigenvalue weighted by atomic mass is 16.3. The fraction of sp³-hybridized carbons (Fsp3) is 0.455. The van der Waals surface area contributed by atoms with Gasteiger partial charge in [-0.2, -0.15) is 0 Å². The molecule has 1 aromatic heterocycles. The van der Waals surface area contributed by atoms with E-state index in [1.807, 2.05) is 42.2 Å². The molecule has 28 heavy (non-hydrogen) atoms. The Morgan fingerprint density at radius 1 is 1.18 bits per heavy atom. The number of carbonyl (C=O) groups is 2. The van der Waals surface area contributed by atoms with Gasteiger partial charge < -0.3 is 19.5 Å². The molecule has 0 unspecified atom stereocenters. The predicted molar refractivity (Wildman–Crippen MR) is 108 cm³/mol. The Labute approximate surface area is 166 Å². The first kappa shape index (κ1) is 20.1. The van der Waals surface area contributed by atoms with Crippen LogP contribution in [-0.4, -0.2) is 54.3 Å². The van der Waals surface area contributed by atoms with Crippen molar-refractivity contribution in [2.75, 3.05) is 26.7 Å². The maximum Gasteiger partial charge on any atom is 0.251 e. The molecule has 1 fully saturated rings. The van der Waals surface area contributed by atoms with Crippen molar-refractivity contribution < 1.29 is 14.0 Å². The van der Waals surface area contributed by atoms with Crippen LogP contribution in [0.1, 0.15) is 40.9 Å². The topological polar surface area (TPSA) is 65.8 Å². The second-order valence-corrected chi connectivity index (χ2v) is 7.46. The fourth-order valence-electron chi connectivity index (χ4n) is 3.65. The summed E-state index contributed by atoms with van der Waals surface area (Å²) in [5, 5.41) is 2.88. The van der Waals surface area contributed by atoms with E-state index in [2.05, 4.69) is 17.3 Å². The molecule has 1 aliphatic heterocycles. The molecule has 2 aromatic rings. The zero-order valence-corrected chi connectivity index (χ0v) is 16.7. The number of nitrogens with one attached hydrogen (secondary N) is 1. The summed E-state index contributed by atoms with van der Waals surface area (Å²) in [5.74, 6) is 0.704. The predicted octanol–water partition coefficient (Wildman–Crippen LogP) is 2.83. The largest absolute Gasteiger partial charge is 0.467 e. The molecule has 0 bridgehead atoms. The lowest BCUT2D eigenvalue weighted by Crippen LogP contribution is -2.46. The number of benzene rings is 1. The summed E-state index contributed by atoms with van der Waals surface area (Å²) in [6.45, 7) is 4.68. The Morgan fingerprint density at radius 3 is 2.61 bits per heavy atom.